The first-order valence-electron chi connectivity index (χ1n) is 8.02. The van der Waals surface area contributed by atoms with Crippen LogP contribution in [0.4, 0.5) is 0 Å². The SMILES string of the molecule is COc1cc(C=NNC(=O)c2ccc(Cn3cc(Cl)cn3)cc2)ccc1O. The molecular weight excluding hydrogens is 368 g/mol. The molecule has 8 heteroatoms. The molecule has 7 nitrogen and oxygen atoms in total. The van der Waals surface area contributed by atoms with E-state index in [9.17, 15) is 9.90 Å². The van der Waals surface area contributed by atoms with Gasteiger partial charge >= 0.3 is 0 Å². The molecule has 1 amide bonds. The minimum absolute atomic E-state index is 0.0381. The van der Waals surface area contributed by atoms with Crippen LogP contribution in [-0.4, -0.2) is 34.1 Å². The molecule has 138 valence electrons. The Hall–Kier alpha value is -3.32. The first-order valence-corrected chi connectivity index (χ1v) is 8.40. The Labute approximate surface area is 160 Å². The smallest absolute Gasteiger partial charge is 0.271 e. The van der Waals surface area contributed by atoms with Gasteiger partial charge in [-0.1, -0.05) is 23.7 Å². The zero-order chi connectivity index (χ0) is 19.2. The number of methoxy groups -OCH3 is 1. The maximum atomic E-state index is 12.2. The Kier molecular flexibility index (Phi) is 5.73. The molecule has 0 aliphatic rings. The molecule has 0 unspecified atom stereocenters. The van der Waals surface area contributed by atoms with Gasteiger partial charge in [0.1, 0.15) is 0 Å². The average molecular weight is 385 g/mol. The van der Waals surface area contributed by atoms with Crippen LogP contribution in [0.15, 0.2) is 60.0 Å². The summed E-state index contributed by atoms with van der Waals surface area (Å²) in [5.74, 6) is 0.0428. The highest BCUT2D eigenvalue weighted by atomic mass is 35.5. The third-order valence-electron chi connectivity index (χ3n) is 3.75. The van der Waals surface area contributed by atoms with Crippen molar-refractivity contribution < 1.29 is 14.6 Å². The van der Waals surface area contributed by atoms with E-state index in [0.717, 1.165) is 5.56 Å². The van der Waals surface area contributed by atoms with Crippen molar-refractivity contribution >= 4 is 23.7 Å². The summed E-state index contributed by atoms with van der Waals surface area (Å²) < 4.78 is 6.74. The summed E-state index contributed by atoms with van der Waals surface area (Å²) in [5.41, 5.74) is 4.62. The molecule has 0 radical (unpaired) electrons. The van der Waals surface area contributed by atoms with E-state index in [0.29, 0.717) is 28.4 Å². The second-order valence-corrected chi connectivity index (χ2v) is 6.12. The number of aromatic hydroxyl groups is 1. The summed E-state index contributed by atoms with van der Waals surface area (Å²) in [4.78, 5) is 12.2. The molecule has 0 saturated heterocycles. The number of carbonyl (C=O) groups is 1. The van der Waals surface area contributed by atoms with Crippen molar-refractivity contribution in [2.75, 3.05) is 7.11 Å². The number of halogens is 1. The summed E-state index contributed by atoms with van der Waals surface area (Å²) in [6.07, 6.45) is 4.77. The van der Waals surface area contributed by atoms with Crippen molar-refractivity contribution in [3.63, 3.8) is 0 Å². The molecule has 2 N–H and O–H groups in total. The lowest BCUT2D eigenvalue weighted by Gasteiger charge is -2.05. The number of nitrogens with zero attached hydrogens (tertiary/aromatic N) is 3. The molecule has 0 bridgehead atoms. The number of benzene rings is 2. The standard InChI is InChI=1S/C19H17ClN4O3/c1-27-18-8-14(4-7-17(18)25)9-21-23-19(26)15-5-2-13(3-6-15)11-24-12-16(20)10-22-24/h2-10,12,25H,11H2,1H3,(H,23,26). The molecule has 3 rings (SSSR count). The highest BCUT2D eigenvalue weighted by molar-refractivity contribution is 6.30. The van der Waals surface area contributed by atoms with Crippen LogP contribution in [0.3, 0.4) is 0 Å². The maximum Gasteiger partial charge on any atom is 0.271 e. The number of nitrogens with one attached hydrogen (secondary N) is 1. The Bertz CT molecular complexity index is 967. The number of phenolic OH excluding ortho intramolecular Hbond substituents is 1. The third kappa shape index (κ3) is 4.86. The Balaban J connectivity index is 1.59. The molecule has 0 spiro atoms. The Morgan fingerprint density at radius 2 is 2.11 bits per heavy atom. The lowest BCUT2D eigenvalue weighted by atomic mass is 10.1. The van der Waals surface area contributed by atoms with Crippen LogP contribution in [0, 0.1) is 0 Å². The number of hydrogen-bond donors (Lipinski definition) is 2. The van der Waals surface area contributed by atoms with Gasteiger partial charge in [0.15, 0.2) is 11.5 Å². The second-order valence-electron chi connectivity index (χ2n) is 5.68. The van der Waals surface area contributed by atoms with Gasteiger partial charge in [-0.15, -0.1) is 0 Å². The van der Waals surface area contributed by atoms with E-state index in [1.54, 1.807) is 41.3 Å². The largest absolute Gasteiger partial charge is 0.504 e. The van der Waals surface area contributed by atoms with Crippen molar-refractivity contribution in [3.05, 3.63) is 76.6 Å². The minimum atomic E-state index is -0.328. The van der Waals surface area contributed by atoms with Crippen molar-refractivity contribution in [3.8, 4) is 11.5 Å². The van der Waals surface area contributed by atoms with Crippen molar-refractivity contribution in [2.45, 2.75) is 6.54 Å². The van der Waals surface area contributed by atoms with Crippen LogP contribution < -0.4 is 10.2 Å². The van der Waals surface area contributed by atoms with Gasteiger partial charge in [-0.3, -0.25) is 9.48 Å². The number of ether oxygens (including phenoxy) is 1. The van der Waals surface area contributed by atoms with Crippen LogP contribution in [0.5, 0.6) is 11.5 Å². The molecule has 0 aliphatic heterocycles. The number of hydrogen-bond acceptors (Lipinski definition) is 5. The molecule has 1 heterocycles. The molecule has 2 aromatic carbocycles. The van der Waals surface area contributed by atoms with Gasteiger partial charge < -0.3 is 9.84 Å². The van der Waals surface area contributed by atoms with Gasteiger partial charge in [-0.2, -0.15) is 10.2 Å². The molecule has 1 aromatic heterocycles. The predicted molar refractivity (Wildman–Crippen MR) is 102 cm³/mol. The van der Waals surface area contributed by atoms with Crippen molar-refractivity contribution in [1.82, 2.24) is 15.2 Å². The lowest BCUT2D eigenvalue weighted by molar-refractivity contribution is 0.0955. The number of aromatic nitrogens is 2. The van der Waals surface area contributed by atoms with Gasteiger partial charge in [0, 0.05) is 11.8 Å². The number of amides is 1. The van der Waals surface area contributed by atoms with E-state index in [1.807, 2.05) is 12.1 Å². The van der Waals surface area contributed by atoms with Gasteiger partial charge in [0.05, 0.1) is 31.1 Å². The molecule has 27 heavy (non-hydrogen) atoms. The topological polar surface area (TPSA) is 88.7 Å². The second kappa shape index (κ2) is 8.37. The van der Waals surface area contributed by atoms with Gasteiger partial charge in [-0.05, 0) is 41.5 Å². The van der Waals surface area contributed by atoms with Crippen molar-refractivity contribution in [2.24, 2.45) is 5.10 Å². The van der Waals surface area contributed by atoms with E-state index in [1.165, 1.54) is 19.4 Å². The fourth-order valence-corrected chi connectivity index (χ4v) is 2.53. The average Bonchev–Trinajstić information content (AvgIpc) is 3.08. The number of carbonyl (C=O) groups excluding carboxylic acids is 1. The fraction of sp³-hybridized carbons (Fsp3) is 0.105. The summed E-state index contributed by atoms with van der Waals surface area (Å²) in [6.45, 7) is 0.565. The quantitative estimate of drug-likeness (QED) is 0.505. The first kappa shape index (κ1) is 18.5. The molecule has 0 aliphatic carbocycles. The predicted octanol–water partition coefficient (Wildman–Crippen LogP) is 3.06. The first-order chi connectivity index (χ1) is 13.0. The molecule has 3 aromatic rings. The van der Waals surface area contributed by atoms with Crippen LogP contribution in [-0.2, 0) is 6.54 Å². The summed E-state index contributed by atoms with van der Waals surface area (Å²) in [5, 5.41) is 18.2. The fourth-order valence-electron chi connectivity index (χ4n) is 2.38. The number of rotatable bonds is 6. The lowest BCUT2D eigenvalue weighted by Crippen LogP contribution is -2.17. The normalized spacial score (nSPS) is 10.9. The highest BCUT2D eigenvalue weighted by Gasteiger charge is 2.05. The Morgan fingerprint density at radius 3 is 2.78 bits per heavy atom. The Morgan fingerprint density at radius 1 is 1.33 bits per heavy atom. The number of hydrazone groups is 1. The molecule has 0 saturated carbocycles. The van der Waals surface area contributed by atoms with Crippen LogP contribution in [0.2, 0.25) is 5.02 Å². The van der Waals surface area contributed by atoms with Gasteiger partial charge in [0.25, 0.3) is 5.91 Å². The van der Waals surface area contributed by atoms with Crippen LogP contribution in [0.1, 0.15) is 21.5 Å². The molecule has 0 atom stereocenters. The van der Waals surface area contributed by atoms with Gasteiger partial charge in [0.2, 0.25) is 0 Å². The summed E-state index contributed by atoms with van der Waals surface area (Å²) in [6, 6.07) is 11.9. The van der Waals surface area contributed by atoms with E-state index >= 15 is 0 Å². The molecular formula is C19H17ClN4O3. The van der Waals surface area contributed by atoms with Crippen LogP contribution >= 0.6 is 11.6 Å². The molecule has 0 fully saturated rings. The third-order valence-corrected chi connectivity index (χ3v) is 3.94. The maximum absolute atomic E-state index is 12.2. The van der Waals surface area contributed by atoms with E-state index in [2.05, 4.69) is 15.6 Å². The summed E-state index contributed by atoms with van der Waals surface area (Å²) in [7, 11) is 1.46. The van der Waals surface area contributed by atoms with E-state index in [4.69, 9.17) is 16.3 Å². The van der Waals surface area contributed by atoms with Gasteiger partial charge in [-0.25, -0.2) is 5.43 Å². The van der Waals surface area contributed by atoms with E-state index in [-0.39, 0.29) is 11.7 Å². The summed E-state index contributed by atoms with van der Waals surface area (Å²) >= 11 is 5.84. The zero-order valence-corrected chi connectivity index (χ0v) is 15.2. The zero-order valence-electron chi connectivity index (χ0n) is 14.5. The highest BCUT2D eigenvalue weighted by Crippen LogP contribution is 2.25. The van der Waals surface area contributed by atoms with Crippen molar-refractivity contribution in [1.29, 1.82) is 0 Å². The van der Waals surface area contributed by atoms with Crippen LogP contribution in [0.25, 0.3) is 0 Å². The van der Waals surface area contributed by atoms with E-state index < -0.39 is 0 Å². The minimum Gasteiger partial charge on any atom is -0.504 e. The number of phenols is 1. The monoisotopic (exact) mass is 384 g/mol.